The van der Waals surface area contributed by atoms with Crippen LogP contribution in [-0.4, -0.2) is 23.3 Å². The average Bonchev–Trinajstić information content (AvgIpc) is 2.34. The average molecular weight is 277 g/mol. The molecule has 1 aromatic rings. The second kappa shape index (κ2) is 6.18. The number of hydrogen-bond acceptors (Lipinski definition) is 3. The van der Waals surface area contributed by atoms with Gasteiger partial charge in [0, 0.05) is 11.1 Å². The molecule has 0 fully saturated rings. The lowest BCUT2D eigenvalue weighted by molar-refractivity contribution is -0.140. The minimum Gasteiger partial charge on any atom is -0.343 e. The predicted molar refractivity (Wildman–Crippen MR) is 74.7 cm³/mol. The molecule has 3 amide bonds. The van der Waals surface area contributed by atoms with Gasteiger partial charge < -0.3 is 5.32 Å². The lowest BCUT2D eigenvalue weighted by Gasteiger charge is -2.19. The highest BCUT2D eigenvalue weighted by atomic mass is 16.2. The Balaban J connectivity index is 2.50. The lowest BCUT2D eigenvalue weighted by Crippen LogP contribution is -2.52. The molecule has 0 heterocycles. The van der Waals surface area contributed by atoms with Crippen LogP contribution < -0.4 is 16.2 Å². The van der Waals surface area contributed by atoms with Crippen molar-refractivity contribution in [3.05, 3.63) is 35.4 Å². The summed E-state index contributed by atoms with van der Waals surface area (Å²) in [5.41, 5.74) is 5.15. The van der Waals surface area contributed by atoms with Gasteiger partial charge in [0.05, 0.1) is 0 Å². The molecule has 20 heavy (non-hydrogen) atoms. The predicted octanol–water partition coefficient (Wildman–Crippen LogP) is 0.671. The second-order valence-electron chi connectivity index (χ2n) is 5.48. The highest BCUT2D eigenvalue weighted by molar-refractivity contribution is 6.35. The number of rotatable bonds is 1. The standard InChI is InChI=1S/C14H19N3O3/c1-9-5-7-10(8-6-9)11(18)16-17-13(20)12(19)15-14(2,3)4/h5-8H,1-4H3,(H,15,19)(H,16,18)(H,17,20). The largest absolute Gasteiger partial charge is 0.343 e. The number of hydrogen-bond donors (Lipinski definition) is 3. The van der Waals surface area contributed by atoms with E-state index in [0.29, 0.717) is 5.56 Å². The van der Waals surface area contributed by atoms with Crippen LogP contribution in [0.25, 0.3) is 0 Å². The molecule has 1 rings (SSSR count). The summed E-state index contributed by atoms with van der Waals surface area (Å²) < 4.78 is 0. The smallest absolute Gasteiger partial charge is 0.327 e. The van der Waals surface area contributed by atoms with Crippen molar-refractivity contribution < 1.29 is 14.4 Å². The van der Waals surface area contributed by atoms with Crippen molar-refractivity contribution in [2.45, 2.75) is 33.2 Å². The zero-order chi connectivity index (χ0) is 15.3. The number of hydrazine groups is 1. The number of nitrogens with one attached hydrogen (secondary N) is 3. The van der Waals surface area contributed by atoms with Gasteiger partial charge in [0.25, 0.3) is 5.91 Å². The Labute approximate surface area is 117 Å². The van der Waals surface area contributed by atoms with Gasteiger partial charge in [0.1, 0.15) is 0 Å². The van der Waals surface area contributed by atoms with E-state index in [9.17, 15) is 14.4 Å². The molecule has 0 bridgehead atoms. The van der Waals surface area contributed by atoms with Gasteiger partial charge in [-0.1, -0.05) is 17.7 Å². The fraction of sp³-hybridized carbons (Fsp3) is 0.357. The Morgan fingerprint density at radius 2 is 1.45 bits per heavy atom. The van der Waals surface area contributed by atoms with Crippen LogP contribution in [0.4, 0.5) is 0 Å². The number of aryl methyl sites for hydroxylation is 1. The van der Waals surface area contributed by atoms with Crippen LogP contribution in [0.5, 0.6) is 0 Å². The van der Waals surface area contributed by atoms with Crippen LogP contribution in [0.15, 0.2) is 24.3 Å². The monoisotopic (exact) mass is 277 g/mol. The van der Waals surface area contributed by atoms with Crippen molar-refractivity contribution in [2.24, 2.45) is 0 Å². The van der Waals surface area contributed by atoms with Crippen LogP contribution in [0.1, 0.15) is 36.7 Å². The Bertz CT molecular complexity index is 515. The normalized spacial score (nSPS) is 10.6. The van der Waals surface area contributed by atoms with E-state index in [-0.39, 0.29) is 0 Å². The van der Waals surface area contributed by atoms with Crippen LogP contribution in [-0.2, 0) is 9.59 Å². The van der Waals surface area contributed by atoms with Gasteiger partial charge in [-0.3, -0.25) is 25.2 Å². The third-order valence-electron chi connectivity index (χ3n) is 2.30. The molecule has 0 atom stereocenters. The number of carbonyl (C=O) groups excluding carboxylic acids is 3. The van der Waals surface area contributed by atoms with Gasteiger partial charge in [0.15, 0.2) is 0 Å². The van der Waals surface area contributed by atoms with E-state index in [1.807, 2.05) is 6.92 Å². The summed E-state index contributed by atoms with van der Waals surface area (Å²) in [6, 6.07) is 6.82. The SMILES string of the molecule is Cc1ccc(C(=O)NNC(=O)C(=O)NC(C)(C)C)cc1. The zero-order valence-electron chi connectivity index (χ0n) is 12.0. The van der Waals surface area contributed by atoms with E-state index in [0.717, 1.165) is 5.56 Å². The fourth-order valence-corrected chi connectivity index (χ4v) is 1.34. The number of amides is 3. The van der Waals surface area contributed by atoms with E-state index in [1.54, 1.807) is 45.0 Å². The second-order valence-corrected chi connectivity index (χ2v) is 5.48. The first-order valence-corrected chi connectivity index (χ1v) is 6.18. The van der Waals surface area contributed by atoms with Crippen LogP contribution in [0, 0.1) is 6.92 Å². The molecule has 0 aromatic heterocycles. The first-order valence-electron chi connectivity index (χ1n) is 6.18. The van der Waals surface area contributed by atoms with Crippen molar-refractivity contribution in [1.29, 1.82) is 0 Å². The maximum absolute atomic E-state index is 11.7. The molecular formula is C14H19N3O3. The van der Waals surface area contributed by atoms with E-state index < -0.39 is 23.3 Å². The van der Waals surface area contributed by atoms with Crippen LogP contribution >= 0.6 is 0 Å². The van der Waals surface area contributed by atoms with Crippen molar-refractivity contribution in [3.63, 3.8) is 0 Å². The maximum atomic E-state index is 11.7. The zero-order valence-corrected chi connectivity index (χ0v) is 12.0. The Hall–Kier alpha value is -2.37. The summed E-state index contributed by atoms with van der Waals surface area (Å²) in [7, 11) is 0. The molecule has 3 N–H and O–H groups in total. The highest BCUT2D eigenvalue weighted by Crippen LogP contribution is 2.02. The van der Waals surface area contributed by atoms with E-state index in [2.05, 4.69) is 16.2 Å². The molecule has 108 valence electrons. The number of benzene rings is 1. The lowest BCUT2D eigenvalue weighted by atomic mass is 10.1. The number of carbonyl (C=O) groups is 3. The molecule has 0 unspecified atom stereocenters. The van der Waals surface area contributed by atoms with Gasteiger partial charge in [-0.2, -0.15) is 0 Å². The minimum absolute atomic E-state index is 0.395. The quantitative estimate of drug-likeness (QED) is 0.521. The van der Waals surface area contributed by atoms with Crippen molar-refractivity contribution in [1.82, 2.24) is 16.2 Å². The molecular weight excluding hydrogens is 258 g/mol. The molecule has 6 nitrogen and oxygen atoms in total. The molecule has 0 radical (unpaired) electrons. The van der Waals surface area contributed by atoms with Gasteiger partial charge in [-0.05, 0) is 39.8 Å². The summed E-state index contributed by atoms with van der Waals surface area (Å²) in [6.45, 7) is 7.16. The molecule has 0 saturated carbocycles. The summed E-state index contributed by atoms with van der Waals surface area (Å²) in [5, 5.41) is 2.49. The molecule has 0 aliphatic carbocycles. The minimum atomic E-state index is -0.916. The first-order chi connectivity index (χ1) is 9.19. The summed E-state index contributed by atoms with van der Waals surface area (Å²) in [4.78, 5) is 34.7. The van der Waals surface area contributed by atoms with Gasteiger partial charge in [-0.15, -0.1) is 0 Å². The molecule has 0 aliphatic heterocycles. The Morgan fingerprint density at radius 3 is 1.95 bits per heavy atom. The topological polar surface area (TPSA) is 87.3 Å². The van der Waals surface area contributed by atoms with Gasteiger partial charge >= 0.3 is 11.8 Å². The first kappa shape index (κ1) is 15.7. The Morgan fingerprint density at radius 1 is 0.900 bits per heavy atom. The highest BCUT2D eigenvalue weighted by Gasteiger charge is 2.20. The maximum Gasteiger partial charge on any atom is 0.327 e. The molecule has 1 aromatic carbocycles. The Kier molecular flexibility index (Phi) is 4.85. The van der Waals surface area contributed by atoms with E-state index >= 15 is 0 Å². The summed E-state index contributed by atoms with van der Waals surface area (Å²) in [5.74, 6) is -2.20. The van der Waals surface area contributed by atoms with Crippen molar-refractivity contribution in [3.8, 4) is 0 Å². The molecule has 6 heteroatoms. The van der Waals surface area contributed by atoms with Crippen LogP contribution in [0.2, 0.25) is 0 Å². The molecule has 0 spiro atoms. The molecule has 0 saturated heterocycles. The third-order valence-corrected chi connectivity index (χ3v) is 2.30. The van der Waals surface area contributed by atoms with E-state index in [1.165, 1.54) is 0 Å². The fourth-order valence-electron chi connectivity index (χ4n) is 1.34. The summed E-state index contributed by atoms with van der Waals surface area (Å²) in [6.07, 6.45) is 0. The van der Waals surface area contributed by atoms with E-state index in [4.69, 9.17) is 0 Å². The summed E-state index contributed by atoms with van der Waals surface area (Å²) >= 11 is 0. The van der Waals surface area contributed by atoms with Gasteiger partial charge in [-0.25, -0.2) is 0 Å². The van der Waals surface area contributed by atoms with Crippen molar-refractivity contribution in [2.75, 3.05) is 0 Å². The van der Waals surface area contributed by atoms with Crippen molar-refractivity contribution >= 4 is 17.7 Å². The van der Waals surface area contributed by atoms with Gasteiger partial charge in [0.2, 0.25) is 0 Å². The molecule has 0 aliphatic rings. The van der Waals surface area contributed by atoms with Crippen LogP contribution in [0.3, 0.4) is 0 Å². The third kappa shape index (κ3) is 5.09.